The second kappa shape index (κ2) is 8.61. The largest absolute Gasteiger partial charge is 0.389 e. The van der Waals surface area contributed by atoms with Crippen LogP contribution in [0.1, 0.15) is 29.8 Å². The van der Waals surface area contributed by atoms with E-state index in [0.29, 0.717) is 25.8 Å². The molecule has 2 heterocycles. The quantitative estimate of drug-likeness (QED) is 0.800. The SMILES string of the molecule is Cc1cc(C)n(C[C@@H]2CCCN2C[C@H](O)COCc2ccccc2)n1. The van der Waals surface area contributed by atoms with Gasteiger partial charge in [-0.05, 0) is 44.9 Å². The van der Waals surface area contributed by atoms with Crippen molar-refractivity contribution in [1.82, 2.24) is 14.7 Å². The first kappa shape index (κ1) is 18.1. The first-order chi connectivity index (χ1) is 12.1. The number of benzene rings is 1. The molecule has 25 heavy (non-hydrogen) atoms. The number of likely N-dealkylation sites (tertiary alicyclic amines) is 1. The van der Waals surface area contributed by atoms with E-state index in [9.17, 15) is 5.11 Å². The minimum atomic E-state index is -0.454. The van der Waals surface area contributed by atoms with E-state index in [1.807, 2.05) is 37.3 Å². The molecule has 0 saturated carbocycles. The van der Waals surface area contributed by atoms with Crippen molar-refractivity contribution in [2.45, 2.75) is 52.0 Å². The summed E-state index contributed by atoms with van der Waals surface area (Å²) in [6.45, 7) is 7.66. The monoisotopic (exact) mass is 343 g/mol. The third-order valence-corrected chi connectivity index (χ3v) is 4.85. The van der Waals surface area contributed by atoms with Crippen molar-refractivity contribution in [3.8, 4) is 0 Å². The van der Waals surface area contributed by atoms with Gasteiger partial charge in [-0.2, -0.15) is 5.10 Å². The molecule has 0 amide bonds. The summed E-state index contributed by atoms with van der Waals surface area (Å²) in [4.78, 5) is 2.38. The molecule has 0 aliphatic carbocycles. The Kier molecular flexibility index (Phi) is 6.24. The molecule has 1 aromatic heterocycles. The normalized spacial score (nSPS) is 19.4. The first-order valence-corrected chi connectivity index (χ1v) is 9.16. The minimum absolute atomic E-state index is 0.373. The van der Waals surface area contributed by atoms with Gasteiger partial charge in [0.25, 0.3) is 0 Å². The highest BCUT2D eigenvalue weighted by Crippen LogP contribution is 2.20. The second-order valence-corrected chi connectivity index (χ2v) is 7.05. The summed E-state index contributed by atoms with van der Waals surface area (Å²) in [5.74, 6) is 0. The van der Waals surface area contributed by atoms with Gasteiger partial charge in [0.15, 0.2) is 0 Å². The van der Waals surface area contributed by atoms with Crippen LogP contribution in [0.2, 0.25) is 0 Å². The topological polar surface area (TPSA) is 50.5 Å². The molecule has 1 saturated heterocycles. The molecule has 5 heteroatoms. The molecule has 1 aromatic carbocycles. The van der Waals surface area contributed by atoms with Crippen molar-refractivity contribution in [1.29, 1.82) is 0 Å². The van der Waals surface area contributed by atoms with Gasteiger partial charge in [-0.3, -0.25) is 9.58 Å². The summed E-state index contributed by atoms with van der Waals surface area (Å²) in [5.41, 5.74) is 3.41. The van der Waals surface area contributed by atoms with Crippen molar-refractivity contribution in [2.24, 2.45) is 0 Å². The number of aryl methyl sites for hydroxylation is 2. The van der Waals surface area contributed by atoms with E-state index in [4.69, 9.17) is 4.74 Å². The van der Waals surface area contributed by atoms with Crippen LogP contribution in [-0.2, 0) is 17.9 Å². The molecule has 1 fully saturated rings. The van der Waals surface area contributed by atoms with Gasteiger partial charge >= 0.3 is 0 Å². The Hall–Kier alpha value is -1.69. The van der Waals surface area contributed by atoms with Gasteiger partial charge < -0.3 is 9.84 Å². The lowest BCUT2D eigenvalue weighted by Gasteiger charge is -2.27. The zero-order chi connectivity index (χ0) is 17.6. The Morgan fingerprint density at radius 3 is 2.80 bits per heavy atom. The molecule has 2 aromatic rings. The van der Waals surface area contributed by atoms with Crippen molar-refractivity contribution in [3.05, 3.63) is 53.3 Å². The predicted molar refractivity (Wildman–Crippen MR) is 98.4 cm³/mol. The van der Waals surface area contributed by atoms with Gasteiger partial charge in [0.05, 0.1) is 31.6 Å². The van der Waals surface area contributed by atoms with Crippen LogP contribution in [0.25, 0.3) is 0 Å². The lowest BCUT2D eigenvalue weighted by Crippen LogP contribution is -2.40. The molecular formula is C20H29N3O2. The van der Waals surface area contributed by atoms with E-state index < -0.39 is 6.10 Å². The fourth-order valence-electron chi connectivity index (χ4n) is 3.61. The number of hydrogen-bond donors (Lipinski definition) is 1. The van der Waals surface area contributed by atoms with Crippen LogP contribution < -0.4 is 0 Å². The van der Waals surface area contributed by atoms with Crippen molar-refractivity contribution in [3.63, 3.8) is 0 Å². The van der Waals surface area contributed by atoms with E-state index in [0.717, 1.165) is 30.8 Å². The third kappa shape index (κ3) is 5.14. The van der Waals surface area contributed by atoms with E-state index in [2.05, 4.69) is 27.7 Å². The van der Waals surface area contributed by atoms with E-state index in [-0.39, 0.29) is 0 Å². The minimum Gasteiger partial charge on any atom is -0.389 e. The average molecular weight is 343 g/mol. The maximum absolute atomic E-state index is 10.3. The standard InChI is InChI=1S/C20H29N3O2/c1-16-11-17(2)23(21-16)12-19-9-6-10-22(19)13-20(24)15-25-14-18-7-4-3-5-8-18/h3-5,7-8,11,19-20,24H,6,9-10,12-15H2,1-2H3/t19-,20-/m0/s1. The number of rotatable bonds is 8. The Bertz CT molecular complexity index is 656. The van der Waals surface area contributed by atoms with Gasteiger partial charge in [0.2, 0.25) is 0 Å². The van der Waals surface area contributed by atoms with Crippen LogP contribution in [0.4, 0.5) is 0 Å². The molecule has 5 nitrogen and oxygen atoms in total. The number of hydrogen-bond acceptors (Lipinski definition) is 4. The maximum atomic E-state index is 10.3. The van der Waals surface area contributed by atoms with Gasteiger partial charge in [-0.1, -0.05) is 30.3 Å². The number of aliphatic hydroxyl groups is 1. The van der Waals surface area contributed by atoms with Crippen LogP contribution in [0, 0.1) is 13.8 Å². The number of β-amino-alcohol motifs (C(OH)–C–C–N with tert-alkyl or cyclic N) is 1. The second-order valence-electron chi connectivity index (χ2n) is 7.05. The van der Waals surface area contributed by atoms with Gasteiger partial charge in [0, 0.05) is 18.3 Å². The molecule has 1 aliphatic rings. The summed E-state index contributed by atoms with van der Waals surface area (Å²) >= 11 is 0. The number of aromatic nitrogens is 2. The molecule has 0 unspecified atom stereocenters. The molecule has 0 radical (unpaired) electrons. The number of aliphatic hydroxyl groups excluding tert-OH is 1. The highest BCUT2D eigenvalue weighted by Gasteiger charge is 2.27. The van der Waals surface area contributed by atoms with E-state index >= 15 is 0 Å². The average Bonchev–Trinajstić information content (AvgIpc) is 3.15. The summed E-state index contributed by atoms with van der Waals surface area (Å²) < 4.78 is 7.77. The van der Waals surface area contributed by atoms with Gasteiger partial charge in [-0.15, -0.1) is 0 Å². The van der Waals surface area contributed by atoms with Crippen LogP contribution in [0.3, 0.4) is 0 Å². The smallest absolute Gasteiger partial charge is 0.0900 e. The van der Waals surface area contributed by atoms with E-state index in [1.165, 1.54) is 12.1 Å². The first-order valence-electron chi connectivity index (χ1n) is 9.16. The van der Waals surface area contributed by atoms with E-state index in [1.54, 1.807) is 0 Å². The Balaban J connectivity index is 1.45. The van der Waals surface area contributed by atoms with Crippen LogP contribution in [0.5, 0.6) is 0 Å². The van der Waals surface area contributed by atoms with Crippen LogP contribution >= 0.6 is 0 Å². The molecule has 3 rings (SSSR count). The van der Waals surface area contributed by atoms with Gasteiger partial charge in [-0.25, -0.2) is 0 Å². The van der Waals surface area contributed by atoms with Crippen molar-refractivity contribution in [2.75, 3.05) is 19.7 Å². The van der Waals surface area contributed by atoms with Crippen LogP contribution in [-0.4, -0.2) is 51.6 Å². The number of nitrogens with zero attached hydrogens (tertiary/aromatic N) is 3. The summed E-state index contributed by atoms with van der Waals surface area (Å²) in [6.07, 6.45) is 1.89. The summed E-state index contributed by atoms with van der Waals surface area (Å²) in [6, 6.07) is 12.6. The Morgan fingerprint density at radius 1 is 1.28 bits per heavy atom. The van der Waals surface area contributed by atoms with Crippen molar-refractivity contribution < 1.29 is 9.84 Å². The van der Waals surface area contributed by atoms with Crippen molar-refractivity contribution >= 4 is 0 Å². The Morgan fingerprint density at radius 2 is 2.08 bits per heavy atom. The third-order valence-electron chi connectivity index (χ3n) is 4.85. The highest BCUT2D eigenvalue weighted by molar-refractivity contribution is 5.13. The fraction of sp³-hybridized carbons (Fsp3) is 0.550. The lowest BCUT2D eigenvalue weighted by molar-refractivity contribution is 0.00663. The summed E-state index contributed by atoms with van der Waals surface area (Å²) in [5, 5.41) is 14.9. The lowest BCUT2D eigenvalue weighted by atomic mass is 10.2. The zero-order valence-corrected chi connectivity index (χ0v) is 15.3. The zero-order valence-electron chi connectivity index (χ0n) is 15.3. The molecular weight excluding hydrogens is 314 g/mol. The number of ether oxygens (including phenoxy) is 1. The molecule has 1 aliphatic heterocycles. The van der Waals surface area contributed by atoms with Gasteiger partial charge in [0.1, 0.15) is 0 Å². The Labute approximate surface area is 150 Å². The molecule has 136 valence electrons. The molecule has 1 N–H and O–H groups in total. The molecule has 2 atom stereocenters. The fourth-order valence-corrected chi connectivity index (χ4v) is 3.61. The molecule has 0 bridgehead atoms. The highest BCUT2D eigenvalue weighted by atomic mass is 16.5. The maximum Gasteiger partial charge on any atom is 0.0900 e. The van der Waals surface area contributed by atoms with Crippen LogP contribution in [0.15, 0.2) is 36.4 Å². The summed E-state index contributed by atoms with van der Waals surface area (Å²) in [7, 11) is 0. The predicted octanol–water partition coefficient (Wildman–Crippen LogP) is 2.54. The molecule has 0 spiro atoms.